The Morgan fingerprint density at radius 3 is 2.74 bits per heavy atom. The monoisotopic (exact) mass is 324 g/mol. The molecular formula is C16H13ClN6. The largest absolute Gasteiger partial charge is 0.326 e. The standard InChI is InChI=1S/C8H4ClN3.C8H9N3/c9-7-4-11-8-2-1-6(3-10)5-12(7)8;9-5-7-1-2-8-10-3-4-11(8)6-7/h1-2,4-5H;1-4,6H,5,9H2. The minimum Gasteiger partial charge on any atom is -0.326 e. The molecule has 4 aromatic heterocycles. The highest BCUT2D eigenvalue weighted by molar-refractivity contribution is 6.29. The zero-order valence-electron chi connectivity index (χ0n) is 12.1. The normalized spacial score (nSPS) is 10.3. The predicted octanol–water partition coefficient (Wildman–Crippen LogP) is 2.65. The van der Waals surface area contributed by atoms with Gasteiger partial charge in [-0.2, -0.15) is 5.26 Å². The van der Waals surface area contributed by atoms with Crippen molar-refractivity contribution in [2.45, 2.75) is 6.54 Å². The zero-order chi connectivity index (χ0) is 16.2. The second-order valence-corrected chi connectivity index (χ2v) is 5.16. The minimum absolute atomic E-state index is 0.516. The molecule has 0 radical (unpaired) electrons. The summed E-state index contributed by atoms with van der Waals surface area (Å²) in [5.74, 6) is 0. The van der Waals surface area contributed by atoms with Crippen LogP contribution in [0.5, 0.6) is 0 Å². The highest BCUT2D eigenvalue weighted by atomic mass is 35.5. The van der Waals surface area contributed by atoms with E-state index >= 15 is 0 Å². The molecule has 0 aliphatic carbocycles. The summed E-state index contributed by atoms with van der Waals surface area (Å²) in [6.07, 6.45) is 8.88. The fourth-order valence-electron chi connectivity index (χ4n) is 2.10. The molecule has 23 heavy (non-hydrogen) atoms. The maximum atomic E-state index is 8.60. The van der Waals surface area contributed by atoms with Crippen molar-refractivity contribution in [3.63, 3.8) is 0 Å². The van der Waals surface area contributed by atoms with E-state index in [1.807, 2.05) is 35.0 Å². The van der Waals surface area contributed by atoms with Crippen LogP contribution >= 0.6 is 11.6 Å². The molecule has 0 aromatic carbocycles. The van der Waals surface area contributed by atoms with E-state index in [-0.39, 0.29) is 0 Å². The van der Waals surface area contributed by atoms with Crippen LogP contribution in [0.3, 0.4) is 0 Å². The fourth-order valence-corrected chi connectivity index (χ4v) is 2.29. The zero-order valence-corrected chi connectivity index (χ0v) is 12.9. The number of hydrogen-bond donors (Lipinski definition) is 1. The lowest BCUT2D eigenvalue weighted by atomic mass is 10.3. The van der Waals surface area contributed by atoms with Crippen LogP contribution in [-0.4, -0.2) is 18.8 Å². The van der Waals surface area contributed by atoms with Gasteiger partial charge in [-0.15, -0.1) is 0 Å². The first-order chi connectivity index (χ1) is 11.2. The topological polar surface area (TPSA) is 84.4 Å². The summed E-state index contributed by atoms with van der Waals surface area (Å²) in [5, 5.41) is 9.11. The molecule has 0 bridgehead atoms. The first kappa shape index (κ1) is 15.0. The molecule has 7 heteroatoms. The molecule has 114 valence electrons. The average molecular weight is 325 g/mol. The third-order valence-electron chi connectivity index (χ3n) is 3.28. The predicted molar refractivity (Wildman–Crippen MR) is 88.0 cm³/mol. The smallest absolute Gasteiger partial charge is 0.137 e. The van der Waals surface area contributed by atoms with E-state index in [0.717, 1.165) is 16.9 Å². The lowest BCUT2D eigenvalue weighted by molar-refractivity contribution is 1.03. The fraction of sp³-hybridized carbons (Fsp3) is 0.0625. The molecule has 0 aliphatic heterocycles. The summed E-state index contributed by atoms with van der Waals surface area (Å²) < 4.78 is 3.63. The van der Waals surface area contributed by atoms with Gasteiger partial charge in [0.25, 0.3) is 0 Å². The quantitative estimate of drug-likeness (QED) is 0.583. The summed E-state index contributed by atoms with van der Waals surface area (Å²) in [7, 11) is 0. The van der Waals surface area contributed by atoms with Gasteiger partial charge in [0.15, 0.2) is 0 Å². The molecule has 4 aromatic rings. The Balaban J connectivity index is 0.000000136. The maximum Gasteiger partial charge on any atom is 0.137 e. The molecule has 4 rings (SSSR count). The summed E-state index contributed by atoms with van der Waals surface area (Å²) in [6, 6.07) is 9.44. The molecule has 0 atom stereocenters. The third kappa shape index (κ3) is 3.16. The molecule has 0 aliphatic rings. The number of aromatic nitrogens is 4. The second-order valence-electron chi connectivity index (χ2n) is 4.77. The van der Waals surface area contributed by atoms with E-state index in [0.29, 0.717) is 17.3 Å². The number of imidazole rings is 2. The number of fused-ring (bicyclic) bond motifs is 2. The second kappa shape index (κ2) is 6.48. The van der Waals surface area contributed by atoms with Gasteiger partial charge >= 0.3 is 0 Å². The van der Waals surface area contributed by atoms with Crippen LogP contribution in [0.15, 0.2) is 55.2 Å². The van der Waals surface area contributed by atoms with Gasteiger partial charge in [-0.1, -0.05) is 17.7 Å². The van der Waals surface area contributed by atoms with Crippen molar-refractivity contribution in [1.82, 2.24) is 18.8 Å². The molecule has 0 fully saturated rings. The number of nitrogens with two attached hydrogens (primary N) is 1. The molecule has 0 saturated heterocycles. The van der Waals surface area contributed by atoms with E-state index in [1.165, 1.54) is 0 Å². The summed E-state index contributed by atoms with van der Waals surface area (Å²) in [5.41, 5.74) is 8.88. The van der Waals surface area contributed by atoms with Crippen LogP contribution in [0.1, 0.15) is 11.1 Å². The van der Waals surface area contributed by atoms with Crippen molar-refractivity contribution in [1.29, 1.82) is 5.26 Å². The highest BCUT2D eigenvalue weighted by Crippen LogP contribution is 2.12. The Bertz CT molecular complexity index is 995. The Morgan fingerprint density at radius 2 is 1.96 bits per heavy atom. The molecule has 4 heterocycles. The number of halogens is 1. The molecule has 0 spiro atoms. The number of pyridine rings is 2. The van der Waals surface area contributed by atoms with E-state index in [2.05, 4.69) is 9.97 Å². The lowest BCUT2D eigenvalue weighted by Crippen LogP contribution is -1.97. The Morgan fingerprint density at radius 1 is 1.13 bits per heavy atom. The Hall–Kier alpha value is -2.88. The first-order valence-corrected chi connectivity index (χ1v) is 7.23. The molecule has 0 saturated carbocycles. The summed E-state index contributed by atoms with van der Waals surface area (Å²) >= 11 is 5.79. The average Bonchev–Trinajstić information content (AvgIpc) is 3.21. The van der Waals surface area contributed by atoms with Crippen molar-refractivity contribution in [3.8, 4) is 6.07 Å². The van der Waals surface area contributed by atoms with Gasteiger partial charge in [0.05, 0.1) is 11.8 Å². The molecular weight excluding hydrogens is 312 g/mol. The van der Waals surface area contributed by atoms with E-state index in [1.54, 1.807) is 35.1 Å². The summed E-state index contributed by atoms with van der Waals surface area (Å²) in [6.45, 7) is 0.577. The van der Waals surface area contributed by atoms with Gasteiger partial charge < -0.3 is 10.1 Å². The number of hydrogen-bond acceptors (Lipinski definition) is 4. The van der Waals surface area contributed by atoms with Gasteiger partial charge in [-0.25, -0.2) is 9.97 Å². The molecule has 6 nitrogen and oxygen atoms in total. The van der Waals surface area contributed by atoms with Crippen molar-refractivity contribution >= 4 is 22.9 Å². The Kier molecular flexibility index (Phi) is 4.24. The number of rotatable bonds is 1. The van der Waals surface area contributed by atoms with E-state index in [4.69, 9.17) is 22.6 Å². The van der Waals surface area contributed by atoms with E-state index < -0.39 is 0 Å². The maximum absolute atomic E-state index is 8.60. The SMILES string of the molecule is N#Cc1ccc2ncc(Cl)n2c1.NCc1ccc2nccn2c1. The minimum atomic E-state index is 0.516. The Labute approximate surface area is 137 Å². The number of nitrogens with zero attached hydrogens (tertiary/aromatic N) is 5. The molecule has 2 N–H and O–H groups in total. The van der Waals surface area contributed by atoms with Crippen molar-refractivity contribution in [2.24, 2.45) is 5.73 Å². The van der Waals surface area contributed by atoms with Gasteiger partial charge in [0, 0.05) is 31.3 Å². The van der Waals surface area contributed by atoms with Crippen molar-refractivity contribution in [2.75, 3.05) is 0 Å². The highest BCUT2D eigenvalue weighted by Gasteiger charge is 1.99. The first-order valence-electron chi connectivity index (χ1n) is 6.85. The van der Waals surface area contributed by atoms with Crippen LogP contribution in [-0.2, 0) is 6.54 Å². The lowest BCUT2D eigenvalue weighted by Gasteiger charge is -1.96. The number of nitriles is 1. The van der Waals surface area contributed by atoms with Gasteiger partial charge in [0.1, 0.15) is 22.5 Å². The van der Waals surface area contributed by atoms with Crippen molar-refractivity contribution < 1.29 is 0 Å². The third-order valence-corrected chi connectivity index (χ3v) is 3.55. The van der Waals surface area contributed by atoms with Crippen LogP contribution in [0.25, 0.3) is 11.3 Å². The summed E-state index contributed by atoms with van der Waals surface area (Å²) in [4.78, 5) is 8.13. The van der Waals surface area contributed by atoms with Crippen LogP contribution in [0, 0.1) is 11.3 Å². The van der Waals surface area contributed by atoms with Crippen molar-refractivity contribution in [3.05, 3.63) is 71.5 Å². The molecule has 0 amide bonds. The molecule has 0 unspecified atom stereocenters. The van der Waals surface area contributed by atoms with Crippen LogP contribution in [0.2, 0.25) is 5.15 Å². The van der Waals surface area contributed by atoms with Crippen LogP contribution < -0.4 is 5.73 Å². The van der Waals surface area contributed by atoms with Gasteiger partial charge in [-0.05, 0) is 23.8 Å². The van der Waals surface area contributed by atoms with Gasteiger partial charge in [-0.3, -0.25) is 4.40 Å². The van der Waals surface area contributed by atoms with Gasteiger partial charge in [0.2, 0.25) is 0 Å². The van der Waals surface area contributed by atoms with Crippen LogP contribution in [0.4, 0.5) is 0 Å². The van der Waals surface area contributed by atoms with E-state index in [9.17, 15) is 0 Å².